The fraction of sp³-hybridized carbons (Fsp3) is 0.471. The summed E-state index contributed by atoms with van der Waals surface area (Å²) < 4.78 is 1.10. The summed E-state index contributed by atoms with van der Waals surface area (Å²) in [7, 11) is 0. The van der Waals surface area contributed by atoms with Crippen molar-refractivity contribution in [2.24, 2.45) is 11.8 Å². The molecule has 2 N–H and O–H groups in total. The number of rotatable bonds is 4. The van der Waals surface area contributed by atoms with Gasteiger partial charge in [0.05, 0.1) is 21.1 Å². The van der Waals surface area contributed by atoms with Gasteiger partial charge >= 0.3 is 5.97 Å². The molecule has 23 heavy (non-hydrogen) atoms. The molecule has 0 unspecified atom stereocenters. The van der Waals surface area contributed by atoms with Crippen LogP contribution < -0.4 is 5.32 Å². The van der Waals surface area contributed by atoms with Gasteiger partial charge in [0.15, 0.2) is 0 Å². The van der Waals surface area contributed by atoms with Crippen LogP contribution in [0.5, 0.6) is 0 Å². The number of aliphatic carboxylic acids is 1. The van der Waals surface area contributed by atoms with Gasteiger partial charge in [0.2, 0.25) is 5.91 Å². The summed E-state index contributed by atoms with van der Waals surface area (Å²) in [6.07, 6.45) is 4.14. The van der Waals surface area contributed by atoms with Crippen LogP contribution in [-0.4, -0.2) is 22.0 Å². The maximum Gasteiger partial charge on any atom is 0.306 e. The van der Waals surface area contributed by atoms with Gasteiger partial charge in [0, 0.05) is 17.5 Å². The van der Waals surface area contributed by atoms with E-state index in [1.807, 2.05) is 18.2 Å². The molecule has 1 amide bonds. The molecular formula is C17H18N2O3S. The summed E-state index contributed by atoms with van der Waals surface area (Å²) in [5.41, 5.74) is 1.76. The topological polar surface area (TPSA) is 79.3 Å². The van der Waals surface area contributed by atoms with Gasteiger partial charge in [-0.3, -0.25) is 9.59 Å². The highest BCUT2D eigenvalue weighted by Gasteiger charge is 2.34. The van der Waals surface area contributed by atoms with Crippen molar-refractivity contribution in [3.8, 4) is 0 Å². The predicted molar refractivity (Wildman–Crippen MR) is 88.7 cm³/mol. The molecule has 0 bridgehead atoms. The lowest BCUT2D eigenvalue weighted by Gasteiger charge is -2.10. The third kappa shape index (κ3) is 2.95. The van der Waals surface area contributed by atoms with Gasteiger partial charge in [0.1, 0.15) is 0 Å². The van der Waals surface area contributed by atoms with Gasteiger partial charge in [-0.05, 0) is 50.3 Å². The van der Waals surface area contributed by atoms with E-state index in [-0.39, 0.29) is 17.7 Å². The van der Waals surface area contributed by atoms with Crippen LogP contribution in [0, 0.1) is 11.8 Å². The number of hydrogen-bond donors (Lipinski definition) is 2. The summed E-state index contributed by atoms with van der Waals surface area (Å²) in [6.45, 7) is 0. The maximum absolute atomic E-state index is 12.3. The molecule has 0 saturated heterocycles. The Morgan fingerprint density at radius 2 is 1.96 bits per heavy atom. The fourth-order valence-corrected chi connectivity index (χ4v) is 4.39. The van der Waals surface area contributed by atoms with Crippen LogP contribution in [0.25, 0.3) is 10.2 Å². The molecule has 5 nitrogen and oxygen atoms in total. The molecule has 0 aliphatic heterocycles. The molecule has 2 aliphatic carbocycles. The number of carboxylic acids is 1. The summed E-state index contributed by atoms with van der Waals surface area (Å²) >= 11 is 1.71. The molecule has 1 heterocycles. The Hall–Kier alpha value is -1.95. The van der Waals surface area contributed by atoms with Crippen molar-refractivity contribution in [1.29, 1.82) is 0 Å². The summed E-state index contributed by atoms with van der Waals surface area (Å²) in [6, 6.07) is 5.79. The number of carboxylic acid groups (broad SMARTS) is 1. The number of benzene rings is 1. The van der Waals surface area contributed by atoms with Gasteiger partial charge in [-0.15, -0.1) is 11.3 Å². The average Bonchev–Trinajstić information content (AvgIpc) is 3.10. The molecule has 2 saturated carbocycles. The lowest BCUT2D eigenvalue weighted by molar-refractivity contribution is -0.141. The van der Waals surface area contributed by atoms with Gasteiger partial charge in [-0.2, -0.15) is 0 Å². The molecular weight excluding hydrogens is 312 g/mol. The molecule has 4 rings (SSSR count). The second-order valence-electron chi connectivity index (χ2n) is 6.54. The lowest BCUT2D eigenvalue weighted by Crippen LogP contribution is -2.21. The first-order valence-corrected chi connectivity index (χ1v) is 8.86. The molecule has 1 aromatic carbocycles. The lowest BCUT2D eigenvalue weighted by atomic mass is 10.0. The van der Waals surface area contributed by atoms with Crippen molar-refractivity contribution in [3.05, 3.63) is 23.2 Å². The number of nitrogens with one attached hydrogen (secondary N) is 1. The minimum Gasteiger partial charge on any atom is -0.481 e. The Morgan fingerprint density at radius 1 is 1.17 bits per heavy atom. The highest BCUT2D eigenvalue weighted by Crippen LogP contribution is 2.43. The van der Waals surface area contributed by atoms with E-state index in [2.05, 4.69) is 10.3 Å². The Kier molecular flexibility index (Phi) is 3.56. The second kappa shape index (κ2) is 5.60. The SMILES string of the molecule is O=C(O)[C@@H]1CC[C@H](C(=O)Nc2ccc3nc(C4CC4)sc3c2)C1. The molecule has 1 aromatic heterocycles. The van der Waals surface area contributed by atoms with Crippen LogP contribution >= 0.6 is 11.3 Å². The van der Waals surface area contributed by atoms with Crippen LogP contribution in [0.4, 0.5) is 5.69 Å². The number of fused-ring (bicyclic) bond motifs is 1. The number of aromatic nitrogens is 1. The molecule has 0 spiro atoms. The normalized spacial score (nSPS) is 24.0. The minimum absolute atomic E-state index is 0.0694. The highest BCUT2D eigenvalue weighted by atomic mass is 32.1. The van der Waals surface area contributed by atoms with Gasteiger partial charge < -0.3 is 10.4 Å². The largest absolute Gasteiger partial charge is 0.481 e. The first-order chi connectivity index (χ1) is 11.1. The summed E-state index contributed by atoms with van der Waals surface area (Å²) in [5.74, 6) is -0.804. The molecule has 0 radical (unpaired) electrons. The highest BCUT2D eigenvalue weighted by molar-refractivity contribution is 7.18. The zero-order valence-corrected chi connectivity index (χ0v) is 13.4. The number of amides is 1. The standard InChI is InChI=1S/C17H18N2O3S/c20-15(10-3-4-11(7-10)17(21)22)18-12-5-6-13-14(8-12)23-16(19-13)9-1-2-9/h5-6,8-11H,1-4,7H2,(H,18,20)(H,21,22)/t10-,11+/m0/s1. The first kappa shape index (κ1) is 14.6. The molecule has 2 atom stereocenters. The Bertz CT molecular complexity index is 781. The van der Waals surface area contributed by atoms with E-state index in [1.165, 1.54) is 17.8 Å². The predicted octanol–water partition coefficient (Wildman–Crippen LogP) is 3.61. The van der Waals surface area contributed by atoms with E-state index in [0.29, 0.717) is 25.2 Å². The molecule has 120 valence electrons. The number of anilines is 1. The quantitative estimate of drug-likeness (QED) is 0.897. The average molecular weight is 330 g/mol. The number of carbonyl (C=O) groups excluding carboxylic acids is 1. The molecule has 2 fully saturated rings. The van der Waals surface area contributed by atoms with Crippen LogP contribution in [0.2, 0.25) is 0 Å². The zero-order valence-electron chi connectivity index (χ0n) is 12.6. The van der Waals surface area contributed by atoms with E-state index in [0.717, 1.165) is 15.9 Å². The number of hydrogen-bond acceptors (Lipinski definition) is 4. The van der Waals surface area contributed by atoms with E-state index in [9.17, 15) is 9.59 Å². The number of nitrogens with zero attached hydrogens (tertiary/aromatic N) is 1. The van der Waals surface area contributed by atoms with Crippen LogP contribution in [0.1, 0.15) is 43.0 Å². The van der Waals surface area contributed by atoms with Gasteiger partial charge in [0.25, 0.3) is 0 Å². The van der Waals surface area contributed by atoms with Crippen LogP contribution in [-0.2, 0) is 9.59 Å². The fourth-order valence-electron chi connectivity index (χ4n) is 3.21. The zero-order chi connectivity index (χ0) is 16.0. The number of thiazole rings is 1. The second-order valence-corrected chi connectivity index (χ2v) is 7.61. The van der Waals surface area contributed by atoms with Crippen LogP contribution in [0.3, 0.4) is 0 Å². The third-order valence-corrected chi connectivity index (χ3v) is 5.93. The molecule has 2 aliphatic rings. The van der Waals surface area contributed by atoms with Gasteiger partial charge in [-0.25, -0.2) is 4.98 Å². The monoisotopic (exact) mass is 330 g/mol. The Balaban J connectivity index is 1.46. The van der Waals surface area contributed by atoms with Crippen molar-refractivity contribution in [2.75, 3.05) is 5.32 Å². The Morgan fingerprint density at radius 3 is 2.65 bits per heavy atom. The van der Waals surface area contributed by atoms with Crippen molar-refractivity contribution in [1.82, 2.24) is 4.98 Å². The summed E-state index contributed by atoms with van der Waals surface area (Å²) in [4.78, 5) is 28.0. The Labute approximate surface area is 137 Å². The van der Waals surface area contributed by atoms with E-state index in [4.69, 9.17) is 5.11 Å². The number of carbonyl (C=O) groups is 2. The van der Waals surface area contributed by atoms with Crippen molar-refractivity contribution < 1.29 is 14.7 Å². The molecule has 6 heteroatoms. The third-order valence-electron chi connectivity index (χ3n) is 4.75. The van der Waals surface area contributed by atoms with Crippen LogP contribution in [0.15, 0.2) is 18.2 Å². The minimum atomic E-state index is -0.793. The summed E-state index contributed by atoms with van der Waals surface area (Å²) in [5, 5.41) is 13.2. The maximum atomic E-state index is 12.3. The smallest absolute Gasteiger partial charge is 0.306 e. The first-order valence-electron chi connectivity index (χ1n) is 8.04. The molecule has 2 aromatic rings. The van der Waals surface area contributed by atoms with Crippen molar-refractivity contribution in [2.45, 2.75) is 38.0 Å². The van der Waals surface area contributed by atoms with Gasteiger partial charge in [-0.1, -0.05) is 0 Å². The van der Waals surface area contributed by atoms with E-state index in [1.54, 1.807) is 11.3 Å². The van der Waals surface area contributed by atoms with Crippen molar-refractivity contribution >= 4 is 39.1 Å². The van der Waals surface area contributed by atoms with Crippen molar-refractivity contribution in [3.63, 3.8) is 0 Å². The van der Waals surface area contributed by atoms with E-state index >= 15 is 0 Å². The van der Waals surface area contributed by atoms with E-state index < -0.39 is 5.97 Å².